The van der Waals surface area contributed by atoms with Crippen LogP contribution in [0.4, 0.5) is 10.6 Å². The Morgan fingerprint density at radius 2 is 2.37 bits per heavy atom. The lowest BCUT2D eigenvalue weighted by Crippen LogP contribution is -2.32. The van der Waals surface area contributed by atoms with Crippen LogP contribution < -0.4 is 10.6 Å². The van der Waals surface area contributed by atoms with Crippen molar-refractivity contribution < 1.29 is 18.8 Å². The van der Waals surface area contributed by atoms with Gasteiger partial charge in [0, 0.05) is 12.3 Å². The lowest BCUT2D eigenvalue weighted by Gasteiger charge is -2.02. The summed E-state index contributed by atoms with van der Waals surface area (Å²) >= 11 is 0. The lowest BCUT2D eigenvalue weighted by atomic mass is 10.3. The van der Waals surface area contributed by atoms with Crippen molar-refractivity contribution in [3.63, 3.8) is 0 Å². The molecule has 1 heterocycles. The van der Waals surface area contributed by atoms with E-state index in [1.807, 2.05) is 5.32 Å². The first-order valence-corrected chi connectivity index (χ1v) is 5.35. The highest BCUT2D eigenvalue weighted by Gasteiger charge is 2.13. The third-order valence-electron chi connectivity index (χ3n) is 1.85. The number of ether oxygens (including phenoxy) is 1. The molecular weight excluding hydrogens is 252 g/mol. The van der Waals surface area contributed by atoms with E-state index < -0.39 is 12.0 Å². The predicted octanol–water partition coefficient (Wildman–Crippen LogP) is 1.08. The zero-order chi connectivity index (χ0) is 14.3. The molecule has 2 N–H and O–H groups in total. The van der Waals surface area contributed by atoms with Crippen molar-refractivity contribution in [2.75, 3.05) is 11.9 Å². The number of aryl methyl sites for hydroxylation is 1. The fourth-order valence-electron chi connectivity index (χ4n) is 1.06. The minimum absolute atomic E-state index is 0.126. The molecule has 1 aromatic rings. The van der Waals surface area contributed by atoms with E-state index in [4.69, 9.17) is 9.78 Å². The zero-order valence-corrected chi connectivity index (χ0v) is 10.4. The minimum atomic E-state index is -0.911. The monoisotopic (exact) mass is 264 g/mol. The highest BCUT2D eigenvalue weighted by atomic mass is 16.5. The van der Waals surface area contributed by atoms with Crippen molar-refractivity contribution in [2.45, 2.75) is 13.8 Å². The van der Waals surface area contributed by atoms with E-state index in [-0.39, 0.29) is 12.2 Å². The van der Waals surface area contributed by atoms with Gasteiger partial charge in [0.1, 0.15) is 17.4 Å². The molecule has 0 aliphatic carbocycles. The molecular formula is C11H12N4O4. The van der Waals surface area contributed by atoms with Crippen LogP contribution in [0.1, 0.15) is 12.7 Å². The number of hydrogen-bond donors (Lipinski definition) is 2. The van der Waals surface area contributed by atoms with Crippen molar-refractivity contribution in [3.8, 4) is 6.07 Å². The summed E-state index contributed by atoms with van der Waals surface area (Å²) in [6, 6.07) is 3.22. The van der Waals surface area contributed by atoms with Crippen LogP contribution in [0, 0.1) is 18.3 Å². The molecule has 0 saturated heterocycles. The Morgan fingerprint density at radius 1 is 1.63 bits per heavy atom. The Bertz CT molecular complexity index is 541. The molecule has 0 spiro atoms. The molecule has 8 heteroatoms. The number of alkyl carbamates (subject to hydrolysis) is 1. The topological polar surface area (TPSA) is 117 Å². The second-order valence-corrected chi connectivity index (χ2v) is 3.31. The summed E-state index contributed by atoms with van der Waals surface area (Å²) in [6.07, 6.45) is 0.206. The third-order valence-corrected chi connectivity index (χ3v) is 1.85. The summed E-state index contributed by atoms with van der Waals surface area (Å²) < 4.78 is 9.31. The van der Waals surface area contributed by atoms with E-state index in [0.29, 0.717) is 11.6 Å². The predicted molar refractivity (Wildman–Crippen MR) is 63.7 cm³/mol. The van der Waals surface area contributed by atoms with Gasteiger partial charge in [0.15, 0.2) is 5.82 Å². The van der Waals surface area contributed by atoms with Gasteiger partial charge in [-0.1, -0.05) is 5.16 Å². The number of aromatic nitrogens is 1. The van der Waals surface area contributed by atoms with Crippen LogP contribution in [0.15, 0.2) is 22.4 Å². The van der Waals surface area contributed by atoms with E-state index in [0.717, 1.165) is 6.20 Å². The van der Waals surface area contributed by atoms with Gasteiger partial charge in [0.2, 0.25) is 0 Å². The van der Waals surface area contributed by atoms with Gasteiger partial charge < -0.3 is 14.6 Å². The number of anilines is 1. The number of nitrogens with one attached hydrogen (secondary N) is 2. The molecule has 0 bridgehead atoms. The van der Waals surface area contributed by atoms with Crippen molar-refractivity contribution in [3.05, 3.63) is 23.6 Å². The number of rotatable bonds is 4. The van der Waals surface area contributed by atoms with E-state index in [9.17, 15) is 9.59 Å². The van der Waals surface area contributed by atoms with E-state index in [1.54, 1.807) is 26.0 Å². The average Bonchev–Trinajstić information content (AvgIpc) is 2.76. The maximum atomic E-state index is 11.5. The number of nitriles is 1. The maximum absolute atomic E-state index is 11.5. The summed E-state index contributed by atoms with van der Waals surface area (Å²) in [5.41, 5.74) is -0.297. The molecule has 2 amide bonds. The highest BCUT2D eigenvalue weighted by molar-refractivity contribution is 6.05. The zero-order valence-electron chi connectivity index (χ0n) is 10.4. The van der Waals surface area contributed by atoms with Crippen molar-refractivity contribution in [1.82, 2.24) is 10.5 Å². The summed E-state index contributed by atoms with van der Waals surface area (Å²) in [6.45, 7) is 3.42. The number of amides is 2. The summed E-state index contributed by atoms with van der Waals surface area (Å²) in [5, 5.41) is 16.9. The van der Waals surface area contributed by atoms with E-state index in [2.05, 4.69) is 15.2 Å². The Balaban J connectivity index is 2.64. The summed E-state index contributed by atoms with van der Waals surface area (Å²) in [5.74, 6) is 0.0493. The third kappa shape index (κ3) is 4.51. The van der Waals surface area contributed by atoms with Crippen LogP contribution in [-0.2, 0) is 9.53 Å². The van der Waals surface area contributed by atoms with Crippen molar-refractivity contribution in [2.24, 2.45) is 0 Å². The average molecular weight is 264 g/mol. The van der Waals surface area contributed by atoms with Crippen LogP contribution in [0.25, 0.3) is 0 Å². The molecule has 100 valence electrons. The standard InChI is InChI=1S/C11H12N4O4/c1-3-18-11(17)14-10(16)8(5-12)6-13-9-4-7(2)19-15-9/h4,6H,3H2,1-2H3,(H,13,15)(H,14,16,17). The van der Waals surface area contributed by atoms with Gasteiger partial charge in [-0.05, 0) is 13.8 Å². The van der Waals surface area contributed by atoms with Crippen LogP contribution >= 0.6 is 0 Å². The Hall–Kier alpha value is -2.82. The van der Waals surface area contributed by atoms with Crippen molar-refractivity contribution >= 4 is 17.8 Å². The van der Waals surface area contributed by atoms with Gasteiger partial charge in [0.25, 0.3) is 5.91 Å². The summed E-state index contributed by atoms with van der Waals surface area (Å²) in [7, 11) is 0. The number of hydrogen-bond acceptors (Lipinski definition) is 7. The number of nitrogens with zero attached hydrogens (tertiary/aromatic N) is 2. The second kappa shape index (κ2) is 6.80. The smallest absolute Gasteiger partial charge is 0.414 e. The Labute approximate surface area is 109 Å². The molecule has 0 aliphatic rings. The van der Waals surface area contributed by atoms with Gasteiger partial charge >= 0.3 is 6.09 Å². The second-order valence-electron chi connectivity index (χ2n) is 3.31. The first kappa shape index (κ1) is 14.2. The molecule has 0 aromatic carbocycles. The molecule has 0 saturated carbocycles. The fraction of sp³-hybridized carbons (Fsp3) is 0.273. The Kier molecular flexibility index (Phi) is 5.10. The van der Waals surface area contributed by atoms with Crippen LogP contribution in [0.5, 0.6) is 0 Å². The molecule has 0 radical (unpaired) electrons. The fourth-order valence-corrected chi connectivity index (χ4v) is 1.06. The highest BCUT2D eigenvalue weighted by Crippen LogP contribution is 2.07. The molecule has 19 heavy (non-hydrogen) atoms. The van der Waals surface area contributed by atoms with Crippen LogP contribution in [-0.4, -0.2) is 23.8 Å². The number of carbonyl (C=O) groups is 2. The van der Waals surface area contributed by atoms with E-state index in [1.165, 1.54) is 0 Å². The van der Waals surface area contributed by atoms with E-state index >= 15 is 0 Å². The molecule has 8 nitrogen and oxygen atoms in total. The molecule has 1 rings (SSSR count). The number of imide groups is 1. The van der Waals surface area contributed by atoms with Crippen molar-refractivity contribution in [1.29, 1.82) is 5.26 Å². The minimum Gasteiger partial charge on any atom is -0.450 e. The molecule has 0 fully saturated rings. The number of carbonyl (C=O) groups excluding carboxylic acids is 2. The van der Waals surface area contributed by atoms with Gasteiger partial charge in [-0.25, -0.2) is 4.79 Å². The van der Waals surface area contributed by atoms with Gasteiger partial charge in [-0.15, -0.1) is 0 Å². The van der Waals surface area contributed by atoms with Crippen LogP contribution in [0.2, 0.25) is 0 Å². The quantitative estimate of drug-likeness (QED) is 0.617. The van der Waals surface area contributed by atoms with Gasteiger partial charge in [0.05, 0.1) is 6.61 Å². The summed E-state index contributed by atoms with van der Waals surface area (Å²) in [4.78, 5) is 22.5. The molecule has 0 atom stereocenters. The largest absolute Gasteiger partial charge is 0.450 e. The molecule has 0 aliphatic heterocycles. The SMILES string of the molecule is CCOC(=O)NC(=O)C(C#N)=CNc1cc(C)on1. The molecule has 1 aromatic heterocycles. The van der Waals surface area contributed by atoms with Gasteiger partial charge in [-0.2, -0.15) is 5.26 Å². The normalized spacial score (nSPS) is 10.5. The molecule has 0 unspecified atom stereocenters. The first-order valence-electron chi connectivity index (χ1n) is 5.35. The first-order chi connectivity index (χ1) is 9.06. The van der Waals surface area contributed by atoms with Gasteiger partial charge in [-0.3, -0.25) is 10.1 Å². The maximum Gasteiger partial charge on any atom is 0.414 e. The van der Waals surface area contributed by atoms with Crippen LogP contribution in [0.3, 0.4) is 0 Å². The Morgan fingerprint density at radius 3 is 2.89 bits per heavy atom. The lowest BCUT2D eigenvalue weighted by molar-refractivity contribution is -0.116.